The van der Waals surface area contributed by atoms with Gasteiger partial charge in [-0.05, 0) is 0 Å². The molecule has 11 heavy (non-hydrogen) atoms. The monoisotopic (exact) mass is 470 g/mol. The Labute approximate surface area is 111 Å². The van der Waals surface area contributed by atoms with Crippen molar-refractivity contribution < 1.29 is 67.7 Å². The smallest absolute Gasteiger partial charge is 0.286 e. The van der Waals surface area contributed by atoms with Gasteiger partial charge in [0.2, 0.25) is 0 Å². The maximum absolute atomic E-state index is 8.62. The second-order valence-electron chi connectivity index (χ2n) is 0.756. The van der Waals surface area contributed by atoms with E-state index in [1.807, 2.05) is 0 Å². The van der Waals surface area contributed by atoms with Gasteiger partial charge in [0.1, 0.15) is 40.2 Å². The van der Waals surface area contributed by atoms with Gasteiger partial charge in [-0.1, -0.05) is 0 Å². The van der Waals surface area contributed by atoms with Crippen LogP contribution in [0.3, 0.4) is 0 Å². The third-order valence-corrected chi connectivity index (χ3v) is 0. The van der Waals surface area contributed by atoms with E-state index in [1.165, 1.54) is 0 Å². The summed E-state index contributed by atoms with van der Waals surface area (Å²) in [6, 6.07) is 0. The van der Waals surface area contributed by atoms with Crippen LogP contribution in [0.15, 0.2) is 0 Å². The molecule has 8 nitrogen and oxygen atoms in total. The standard InChI is InChI=1S/2IO4.Sr/c2*2-1(3,4)5;/q2*-1;+2. The molecule has 0 saturated heterocycles. The van der Waals surface area contributed by atoms with Crippen molar-refractivity contribution >= 4 is 45.5 Å². The van der Waals surface area contributed by atoms with Crippen molar-refractivity contribution in [3.8, 4) is 0 Å². The van der Waals surface area contributed by atoms with Crippen LogP contribution in [0.2, 0.25) is 0 Å². The first-order valence-electron chi connectivity index (χ1n) is 1.23. The van der Waals surface area contributed by atoms with Crippen LogP contribution in [0.1, 0.15) is 0 Å². The number of hydrogen-bond acceptors (Lipinski definition) is 8. The minimum absolute atomic E-state index is 0. The zero-order valence-electron chi connectivity index (χ0n) is 4.73. The number of halogens is 2. The molecule has 0 aliphatic heterocycles. The Morgan fingerprint density at radius 1 is 0.455 bits per heavy atom. The van der Waals surface area contributed by atoms with Crippen LogP contribution in [-0.4, -0.2) is 45.5 Å². The maximum atomic E-state index is 8.62. The van der Waals surface area contributed by atoms with E-state index >= 15 is 0 Å². The fourth-order valence-electron chi connectivity index (χ4n) is 0. The van der Waals surface area contributed by atoms with Crippen molar-refractivity contribution in [3.63, 3.8) is 0 Å². The van der Waals surface area contributed by atoms with Crippen molar-refractivity contribution in [2.45, 2.75) is 0 Å². The van der Waals surface area contributed by atoms with E-state index in [-0.39, 0.29) is 45.5 Å². The summed E-state index contributed by atoms with van der Waals surface area (Å²) in [4.78, 5) is 0. The minimum atomic E-state index is -5.94. The topological polar surface area (TPSA) is 184 Å². The molecule has 0 bridgehead atoms. The van der Waals surface area contributed by atoms with Gasteiger partial charge in [0, 0.05) is 0 Å². The van der Waals surface area contributed by atoms with Crippen LogP contribution in [0, 0.1) is 0 Å². The molecule has 0 unspecified atom stereocenters. The Morgan fingerprint density at radius 2 is 0.455 bits per heavy atom. The predicted molar refractivity (Wildman–Crippen MR) is 5.75 cm³/mol. The van der Waals surface area contributed by atoms with E-state index in [1.54, 1.807) is 0 Å². The summed E-state index contributed by atoms with van der Waals surface area (Å²) in [5.41, 5.74) is 0. The van der Waals surface area contributed by atoms with Gasteiger partial charge in [-0.25, -0.2) is 0 Å². The average molecular weight is 469 g/mol. The van der Waals surface area contributed by atoms with Crippen LogP contribution in [0.5, 0.6) is 0 Å². The molecule has 0 aliphatic carbocycles. The SMILES string of the molecule is [O-][I+3]([O-])([O-])[O-].[O-][I+3]([O-])([O-])[O-].[Sr+2]. The second-order valence-corrected chi connectivity index (χ2v) is 5.07. The first-order valence-corrected chi connectivity index (χ1v) is 8.28. The first-order chi connectivity index (χ1) is 4.00. The van der Waals surface area contributed by atoms with Crippen molar-refractivity contribution in [2.24, 2.45) is 0 Å². The summed E-state index contributed by atoms with van der Waals surface area (Å²) >= 11 is -11.9. The summed E-state index contributed by atoms with van der Waals surface area (Å²) in [5.74, 6) is 0. The fraction of sp³-hybridized carbons (Fsp3) is 0. The molecule has 0 radical (unpaired) electrons. The molecule has 0 spiro atoms. The van der Waals surface area contributed by atoms with Gasteiger partial charge < -0.3 is 0 Å². The van der Waals surface area contributed by atoms with Crippen molar-refractivity contribution in [2.75, 3.05) is 0 Å². The van der Waals surface area contributed by atoms with E-state index in [4.69, 9.17) is 27.5 Å². The van der Waals surface area contributed by atoms with Crippen LogP contribution in [-0.2, 0) is 0 Å². The Hall–Kier alpha value is 2.62. The third kappa shape index (κ3) is 207. The normalized spacial score (nSPS) is 10.9. The Kier molecular flexibility index (Phi) is 13.9. The van der Waals surface area contributed by atoms with E-state index in [9.17, 15) is 0 Å². The van der Waals surface area contributed by atoms with Crippen LogP contribution < -0.4 is 67.7 Å². The van der Waals surface area contributed by atoms with Gasteiger partial charge in [-0.15, -0.1) is 0 Å². The van der Waals surface area contributed by atoms with Gasteiger partial charge >= 0.3 is 45.5 Å². The van der Waals surface area contributed by atoms with Crippen molar-refractivity contribution in [1.82, 2.24) is 0 Å². The maximum Gasteiger partial charge on any atom is 2.00 e. The Bertz CT molecular complexity index is 55.1. The molecule has 64 valence electrons. The van der Waals surface area contributed by atoms with Crippen LogP contribution >= 0.6 is 0 Å². The molecule has 0 heterocycles. The Morgan fingerprint density at radius 3 is 0.455 bits per heavy atom. The average Bonchev–Trinajstić information content (AvgIpc) is 1.12. The molecule has 0 N–H and O–H groups in total. The molecule has 0 saturated carbocycles. The molecule has 0 amide bonds. The van der Waals surface area contributed by atoms with Crippen molar-refractivity contribution in [3.05, 3.63) is 0 Å². The van der Waals surface area contributed by atoms with Gasteiger partial charge in [0.25, 0.3) is 0 Å². The molecule has 0 rings (SSSR count). The van der Waals surface area contributed by atoms with E-state index in [0.717, 1.165) is 0 Å². The molecule has 0 aromatic carbocycles. The number of hydrogen-bond donors (Lipinski definition) is 0. The van der Waals surface area contributed by atoms with Crippen LogP contribution in [0.25, 0.3) is 0 Å². The summed E-state index contributed by atoms with van der Waals surface area (Å²) in [6.45, 7) is 0. The van der Waals surface area contributed by atoms with Crippen LogP contribution in [0.4, 0.5) is 0 Å². The number of rotatable bonds is 0. The molecular formula is I2O8Sr. The van der Waals surface area contributed by atoms with E-state index < -0.39 is 40.2 Å². The zero-order chi connectivity index (χ0) is 9.00. The third-order valence-electron chi connectivity index (χ3n) is 0. The molecule has 0 fully saturated rings. The summed E-state index contributed by atoms with van der Waals surface area (Å²) in [5, 5.41) is 0. The molecule has 11 heteroatoms. The van der Waals surface area contributed by atoms with Gasteiger partial charge in [0.05, 0.1) is 0 Å². The van der Waals surface area contributed by atoms with Gasteiger partial charge in [-0.2, -0.15) is 0 Å². The predicted octanol–water partition coefficient (Wildman–Crippen LogP) is -15.9. The van der Waals surface area contributed by atoms with E-state index in [2.05, 4.69) is 0 Å². The second kappa shape index (κ2) is 7.97. The first kappa shape index (κ1) is 19.2. The molecule has 0 atom stereocenters. The zero-order valence-corrected chi connectivity index (χ0v) is 12.5. The molecule has 0 aromatic rings. The van der Waals surface area contributed by atoms with Gasteiger partial charge in [0.15, 0.2) is 0 Å². The van der Waals surface area contributed by atoms with E-state index in [0.29, 0.717) is 0 Å². The molecule has 0 aliphatic rings. The van der Waals surface area contributed by atoms with Gasteiger partial charge in [-0.3, -0.25) is 27.5 Å². The molecule has 0 aromatic heterocycles. The fourth-order valence-corrected chi connectivity index (χ4v) is 0. The summed E-state index contributed by atoms with van der Waals surface area (Å²) in [6.07, 6.45) is 0. The summed E-state index contributed by atoms with van der Waals surface area (Å²) in [7, 11) is 0. The molecular weight excluding hydrogens is 469 g/mol. The Balaban J connectivity index is -0.000000107. The largest absolute Gasteiger partial charge is 2.00 e. The quantitative estimate of drug-likeness (QED) is 0.247. The summed E-state index contributed by atoms with van der Waals surface area (Å²) < 4.78 is 68.9. The van der Waals surface area contributed by atoms with Crippen molar-refractivity contribution in [1.29, 1.82) is 0 Å². The minimum Gasteiger partial charge on any atom is -0.286 e.